The number of amides is 1. The third-order valence-corrected chi connectivity index (χ3v) is 4.80. The molecule has 6 nitrogen and oxygen atoms in total. The van der Waals surface area contributed by atoms with E-state index in [9.17, 15) is 18.8 Å². The van der Waals surface area contributed by atoms with Crippen molar-refractivity contribution in [3.05, 3.63) is 95.6 Å². The highest BCUT2D eigenvalue weighted by Gasteiger charge is 2.21. The monoisotopic (exact) mass is 415 g/mol. The number of rotatable bonds is 6. The predicted octanol–water partition coefficient (Wildman–Crippen LogP) is 4.25. The molecule has 0 spiro atoms. The Morgan fingerprint density at radius 2 is 1.68 bits per heavy atom. The Balaban J connectivity index is 1.67. The van der Waals surface area contributed by atoms with Gasteiger partial charge in [0.15, 0.2) is 11.6 Å². The van der Waals surface area contributed by atoms with Gasteiger partial charge in [-0.15, -0.1) is 0 Å². The molecule has 0 radical (unpaired) electrons. The van der Waals surface area contributed by atoms with E-state index >= 15 is 0 Å². The Bertz CT molecular complexity index is 1330. The number of hydrogen-bond donors (Lipinski definition) is 1. The Hall–Kier alpha value is -4.13. The fourth-order valence-electron chi connectivity index (χ4n) is 3.33. The normalized spacial score (nSPS) is 10.8. The highest BCUT2D eigenvalue weighted by atomic mass is 19.1. The van der Waals surface area contributed by atoms with Crippen LogP contribution in [0.3, 0.4) is 0 Å². The Morgan fingerprint density at radius 1 is 0.935 bits per heavy atom. The van der Waals surface area contributed by atoms with Crippen molar-refractivity contribution in [3.8, 4) is 0 Å². The van der Waals surface area contributed by atoms with Crippen LogP contribution in [-0.2, 0) is 11.3 Å². The minimum absolute atomic E-state index is 0.0411. The molecule has 4 aromatic rings. The number of fused-ring (bicyclic) bond motifs is 1. The van der Waals surface area contributed by atoms with Crippen LogP contribution in [0.1, 0.15) is 33.5 Å². The summed E-state index contributed by atoms with van der Waals surface area (Å²) in [5.74, 6) is -1.48. The molecule has 31 heavy (non-hydrogen) atoms. The van der Waals surface area contributed by atoms with Crippen LogP contribution in [0.15, 0.2) is 72.8 Å². The van der Waals surface area contributed by atoms with E-state index in [4.69, 9.17) is 0 Å². The molecule has 0 aliphatic carbocycles. The molecule has 1 aromatic heterocycles. The molecule has 0 saturated carbocycles. The lowest BCUT2D eigenvalue weighted by Gasteiger charge is -2.10. The Kier molecular flexibility index (Phi) is 5.41. The zero-order valence-corrected chi connectivity index (χ0v) is 16.6. The number of aromatic nitrogens is 2. The first kappa shape index (κ1) is 20.2. The molecule has 0 aliphatic heterocycles. The van der Waals surface area contributed by atoms with Crippen LogP contribution < -0.4 is 5.32 Å². The minimum atomic E-state index is -0.531. The molecular formula is C24H18FN3O3. The van der Waals surface area contributed by atoms with E-state index in [-0.39, 0.29) is 23.7 Å². The fourth-order valence-corrected chi connectivity index (χ4v) is 3.33. The molecule has 1 N–H and O–H groups in total. The van der Waals surface area contributed by atoms with Crippen molar-refractivity contribution >= 4 is 34.2 Å². The quantitative estimate of drug-likeness (QED) is 0.478. The maximum Gasteiger partial charge on any atom is 0.244 e. The summed E-state index contributed by atoms with van der Waals surface area (Å²) >= 11 is 0. The fraction of sp³-hybridized carbons (Fsp3) is 0.0833. The summed E-state index contributed by atoms with van der Waals surface area (Å²) in [5.41, 5.74) is 2.25. The number of carbonyl (C=O) groups is 3. The number of carbonyl (C=O) groups excluding carboxylic acids is 3. The van der Waals surface area contributed by atoms with Gasteiger partial charge < -0.3 is 9.88 Å². The number of Topliss-reactive ketones (excluding diaryl/α,β-unsaturated/α-hetero) is 1. The van der Waals surface area contributed by atoms with Gasteiger partial charge >= 0.3 is 0 Å². The number of imidazole rings is 1. The Labute approximate surface area is 177 Å². The van der Waals surface area contributed by atoms with Crippen molar-refractivity contribution in [1.29, 1.82) is 0 Å². The summed E-state index contributed by atoms with van der Waals surface area (Å²) in [5, 5.41) is 2.74. The van der Waals surface area contributed by atoms with Gasteiger partial charge in [-0.25, -0.2) is 9.37 Å². The number of halogens is 1. The van der Waals surface area contributed by atoms with Gasteiger partial charge in [0, 0.05) is 16.8 Å². The van der Waals surface area contributed by atoms with Crippen LogP contribution in [0.2, 0.25) is 0 Å². The highest BCUT2D eigenvalue weighted by Crippen LogP contribution is 2.20. The average molecular weight is 415 g/mol. The summed E-state index contributed by atoms with van der Waals surface area (Å²) in [6.45, 7) is 1.27. The van der Waals surface area contributed by atoms with Gasteiger partial charge in [-0.05, 0) is 43.3 Å². The van der Waals surface area contributed by atoms with Crippen LogP contribution in [0.5, 0.6) is 0 Å². The second-order valence-corrected chi connectivity index (χ2v) is 7.03. The van der Waals surface area contributed by atoms with Crippen molar-refractivity contribution in [2.75, 3.05) is 5.32 Å². The molecule has 4 rings (SSSR count). The summed E-state index contributed by atoms with van der Waals surface area (Å²) in [6, 6.07) is 19.0. The summed E-state index contributed by atoms with van der Waals surface area (Å²) < 4.78 is 15.1. The third kappa shape index (κ3) is 4.25. The number of nitrogens with one attached hydrogen (secondary N) is 1. The molecule has 154 valence electrons. The van der Waals surface area contributed by atoms with E-state index in [0.29, 0.717) is 22.3 Å². The average Bonchev–Trinajstić information content (AvgIpc) is 3.11. The molecule has 3 aromatic carbocycles. The summed E-state index contributed by atoms with van der Waals surface area (Å²) in [7, 11) is 0. The van der Waals surface area contributed by atoms with Crippen LogP contribution in [0, 0.1) is 5.82 Å². The molecular weight excluding hydrogens is 397 g/mol. The van der Waals surface area contributed by atoms with Gasteiger partial charge in [0.25, 0.3) is 0 Å². The van der Waals surface area contributed by atoms with Gasteiger partial charge in [0.2, 0.25) is 11.7 Å². The predicted molar refractivity (Wildman–Crippen MR) is 115 cm³/mol. The standard InChI is InChI=1S/C24H18FN3O3/c1-15(29)16-6-5-9-19(13-16)26-22(30)14-28-21-11-3-2-10-20(21)27-24(28)23(31)17-7-4-8-18(25)12-17/h2-13H,14H2,1H3,(H,26,30). The highest BCUT2D eigenvalue weighted by molar-refractivity contribution is 6.08. The van der Waals surface area contributed by atoms with Crippen LogP contribution in [-0.4, -0.2) is 27.0 Å². The van der Waals surface area contributed by atoms with Gasteiger partial charge in [-0.3, -0.25) is 14.4 Å². The van der Waals surface area contributed by atoms with E-state index in [1.165, 1.54) is 29.7 Å². The number of nitrogens with zero attached hydrogens (tertiary/aromatic N) is 2. The van der Waals surface area contributed by atoms with Gasteiger partial charge in [0.1, 0.15) is 12.4 Å². The SMILES string of the molecule is CC(=O)c1cccc(NC(=O)Cn2c(C(=O)c3cccc(F)c3)nc3ccccc32)c1. The van der Waals surface area contributed by atoms with Crippen LogP contribution in [0.25, 0.3) is 11.0 Å². The molecule has 0 fully saturated rings. The lowest BCUT2D eigenvalue weighted by molar-refractivity contribution is -0.116. The summed E-state index contributed by atoms with van der Waals surface area (Å²) in [6.07, 6.45) is 0. The van der Waals surface area contributed by atoms with E-state index in [1.807, 2.05) is 0 Å². The second kappa shape index (κ2) is 8.31. The minimum Gasteiger partial charge on any atom is -0.325 e. The first-order chi connectivity index (χ1) is 14.9. The van der Waals surface area contributed by atoms with E-state index in [2.05, 4.69) is 10.3 Å². The first-order valence-corrected chi connectivity index (χ1v) is 9.59. The smallest absolute Gasteiger partial charge is 0.244 e. The van der Waals surface area contributed by atoms with Crippen molar-refractivity contribution in [1.82, 2.24) is 9.55 Å². The summed E-state index contributed by atoms with van der Waals surface area (Å²) in [4.78, 5) is 41.7. The molecule has 0 bridgehead atoms. The van der Waals surface area contributed by atoms with Gasteiger partial charge in [-0.1, -0.05) is 36.4 Å². The zero-order valence-electron chi connectivity index (χ0n) is 16.6. The maximum absolute atomic E-state index is 13.6. The van der Waals surface area contributed by atoms with E-state index < -0.39 is 17.5 Å². The van der Waals surface area contributed by atoms with Crippen molar-refractivity contribution in [2.45, 2.75) is 13.5 Å². The van der Waals surface area contributed by atoms with Crippen molar-refractivity contribution in [3.63, 3.8) is 0 Å². The number of ketones is 2. The largest absolute Gasteiger partial charge is 0.325 e. The molecule has 0 aliphatic rings. The number of anilines is 1. The maximum atomic E-state index is 13.6. The topological polar surface area (TPSA) is 81.1 Å². The molecule has 1 heterocycles. The number of benzene rings is 3. The van der Waals surface area contributed by atoms with E-state index in [1.54, 1.807) is 48.5 Å². The number of para-hydroxylation sites is 2. The van der Waals surface area contributed by atoms with Crippen molar-refractivity contribution < 1.29 is 18.8 Å². The molecule has 1 amide bonds. The van der Waals surface area contributed by atoms with Gasteiger partial charge in [-0.2, -0.15) is 0 Å². The van der Waals surface area contributed by atoms with Crippen LogP contribution >= 0.6 is 0 Å². The molecule has 0 saturated heterocycles. The molecule has 0 atom stereocenters. The lowest BCUT2D eigenvalue weighted by Crippen LogP contribution is -2.22. The first-order valence-electron chi connectivity index (χ1n) is 9.59. The Morgan fingerprint density at radius 3 is 2.45 bits per heavy atom. The number of hydrogen-bond acceptors (Lipinski definition) is 4. The van der Waals surface area contributed by atoms with Gasteiger partial charge in [0.05, 0.1) is 11.0 Å². The third-order valence-electron chi connectivity index (χ3n) is 4.80. The molecule has 7 heteroatoms. The lowest BCUT2D eigenvalue weighted by atomic mass is 10.1. The zero-order chi connectivity index (χ0) is 22.0. The van der Waals surface area contributed by atoms with Crippen molar-refractivity contribution in [2.24, 2.45) is 0 Å². The van der Waals surface area contributed by atoms with E-state index in [0.717, 1.165) is 6.07 Å². The second-order valence-electron chi connectivity index (χ2n) is 7.03. The molecule has 0 unspecified atom stereocenters. The van der Waals surface area contributed by atoms with Crippen LogP contribution in [0.4, 0.5) is 10.1 Å².